The molecule has 0 radical (unpaired) electrons. The molecule has 0 aromatic carbocycles. The van der Waals surface area contributed by atoms with E-state index < -0.39 is 30.4 Å². The number of aldehydes is 1. The fourth-order valence-electron chi connectivity index (χ4n) is 2.69. The topological polar surface area (TPSA) is 124 Å². The van der Waals surface area contributed by atoms with Gasteiger partial charge in [0.2, 0.25) is 17.7 Å². The number of nitrogens with zero attached hydrogens (tertiary/aromatic N) is 2. The summed E-state index contributed by atoms with van der Waals surface area (Å²) >= 11 is 0. The van der Waals surface area contributed by atoms with Gasteiger partial charge in [-0.05, 0) is 12.8 Å². The number of carbonyl (C=O) groups is 5. The smallest absolute Gasteiger partial charge is 0.305 e. The Morgan fingerprint density at radius 3 is 2.64 bits per heavy atom. The molecule has 2 rings (SSSR count). The summed E-state index contributed by atoms with van der Waals surface area (Å²) in [5.74, 6) is -2.37. The largest absolute Gasteiger partial charge is 0.481 e. The molecule has 2 saturated heterocycles. The lowest BCUT2D eigenvalue weighted by Gasteiger charge is -2.45. The van der Waals surface area contributed by atoms with E-state index in [1.807, 2.05) is 0 Å². The molecule has 0 bridgehead atoms. The van der Waals surface area contributed by atoms with Crippen LogP contribution in [0.15, 0.2) is 0 Å². The van der Waals surface area contributed by atoms with Crippen LogP contribution in [-0.4, -0.2) is 63.7 Å². The number of aliphatic carboxylic acids is 1. The predicted octanol–water partition coefficient (Wildman–Crippen LogP) is -1.33. The quantitative estimate of drug-likeness (QED) is 0.606. The van der Waals surface area contributed by atoms with Crippen molar-refractivity contribution < 1.29 is 29.1 Å². The highest BCUT2D eigenvalue weighted by atomic mass is 16.4. The number of hydrogen-bond donors (Lipinski definition) is 2. The van der Waals surface area contributed by atoms with Crippen LogP contribution in [0.1, 0.15) is 32.1 Å². The summed E-state index contributed by atoms with van der Waals surface area (Å²) in [5.41, 5.74) is 0. The van der Waals surface area contributed by atoms with Crippen molar-refractivity contribution in [3.05, 3.63) is 0 Å². The van der Waals surface area contributed by atoms with Gasteiger partial charge in [-0.15, -0.1) is 0 Å². The predicted molar refractivity (Wildman–Crippen MR) is 71.1 cm³/mol. The number of fused-ring (bicyclic) bond motifs is 1. The van der Waals surface area contributed by atoms with Gasteiger partial charge in [0, 0.05) is 19.4 Å². The van der Waals surface area contributed by atoms with Crippen LogP contribution in [0.2, 0.25) is 0 Å². The van der Waals surface area contributed by atoms with E-state index in [-0.39, 0.29) is 24.7 Å². The molecule has 0 aliphatic carbocycles. The lowest BCUT2D eigenvalue weighted by Crippen LogP contribution is -2.64. The summed E-state index contributed by atoms with van der Waals surface area (Å²) in [4.78, 5) is 57.6. The highest BCUT2D eigenvalue weighted by molar-refractivity contribution is 5.94. The van der Waals surface area contributed by atoms with E-state index in [0.717, 1.165) is 5.01 Å². The van der Waals surface area contributed by atoms with Crippen molar-refractivity contribution in [3.8, 4) is 0 Å². The highest BCUT2D eigenvalue weighted by Crippen LogP contribution is 2.24. The van der Waals surface area contributed by atoms with Crippen molar-refractivity contribution in [1.82, 2.24) is 15.3 Å². The number of rotatable bonds is 5. The second-order valence-electron chi connectivity index (χ2n) is 5.26. The van der Waals surface area contributed by atoms with E-state index in [4.69, 9.17) is 5.11 Å². The van der Waals surface area contributed by atoms with E-state index in [9.17, 15) is 24.0 Å². The van der Waals surface area contributed by atoms with Gasteiger partial charge in [0.1, 0.15) is 12.3 Å². The maximum atomic E-state index is 12.3. The van der Waals surface area contributed by atoms with Crippen molar-refractivity contribution in [2.24, 2.45) is 0 Å². The highest BCUT2D eigenvalue weighted by Gasteiger charge is 2.42. The van der Waals surface area contributed by atoms with Crippen molar-refractivity contribution in [2.75, 3.05) is 6.54 Å². The molecule has 0 aromatic heterocycles. The number of nitrogens with one attached hydrogen (secondary N) is 1. The zero-order valence-electron chi connectivity index (χ0n) is 11.9. The molecule has 2 unspecified atom stereocenters. The first-order chi connectivity index (χ1) is 10.4. The summed E-state index contributed by atoms with van der Waals surface area (Å²) in [6, 6.07) is -2.04. The van der Waals surface area contributed by atoms with Gasteiger partial charge in [-0.3, -0.25) is 24.2 Å². The molecule has 2 fully saturated rings. The first kappa shape index (κ1) is 15.9. The maximum Gasteiger partial charge on any atom is 0.305 e. The monoisotopic (exact) mass is 311 g/mol. The molecule has 0 spiro atoms. The Labute approximate surface area is 126 Å². The van der Waals surface area contributed by atoms with E-state index in [1.54, 1.807) is 0 Å². The lowest BCUT2D eigenvalue weighted by molar-refractivity contribution is -0.184. The van der Waals surface area contributed by atoms with Crippen molar-refractivity contribution in [3.63, 3.8) is 0 Å². The van der Waals surface area contributed by atoms with Crippen molar-refractivity contribution in [2.45, 2.75) is 44.2 Å². The van der Waals surface area contributed by atoms with Gasteiger partial charge in [-0.25, -0.2) is 5.01 Å². The molecule has 0 aromatic rings. The minimum absolute atomic E-state index is 0.0470. The summed E-state index contributed by atoms with van der Waals surface area (Å²) in [6.07, 6.45) is 0.900. The van der Waals surface area contributed by atoms with E-state index in [0.29, 0.717) is 25.7 Å². The van der Waals surface area contributed by atoms with Crippen LogP contribution in [-0.2, 0) is 24.0 Å². The molecule has 22 heavy (non-hydrogen) atoms. The summed E-state index contributed by atoms with van der Waals surface area (Å²) in [5, 5.41) is 13.4. The molecule has 2 heterocycles. The number of carboxylic acid groups (broad SMARTS) is 1. The Morgan fingerprint density at radius 2 is 2.00 bits per heavy atom. The van der Waals surface area contributed by atoms with Gasteiger partial charge in [-0.2, -0.15) is 0 Å². The third-order valence-electron chi connectivity index (χ3n) is 3.69. The second kappa shape index (κ2) is 6.54. The van der Waals surface area contributed by atoms with Gasteiger partial charge in [0.15, 0.2) is 0 Å². The average Bonchev–Trinajstić information content (AvgIpc) is 2.49. The van der Waals surface area contributed by atoms with Gasteiger partial charge in [0.05, 0.1) is 12.5 Å². The molecule has 2 aliphatic rings. The van der Waals surface area contributed by atoms with Crippen LogP contribution < -0.4 is 5.32 Å². The molecular weight excluding hydrogens is 294 g/mol. The van der Waals surface area contributed by atoms with Crippen LogP contribution >= 0.6 is 0 Å². The Morgan fingerprint density at radius 1 is 1.32 bits per heavy atom. The van der Waals surface area contributed by atoms with Gasteiger partial charge >= 0.3 is 5.97 Å². The van der Waals surface area contributed by atoms with Crippen LogP contribution in [0.3, 0.4) is 0 Å². The molecule has 3 amide bonds. The van der Waals surface area contributed by atoms with Crippen LogP contribution in [0.5, 0.6) is 0 Å². The summed E-state index contributed by atoms with van der Waals surface area (Å²) in [7, 11) is 0. The fraction of sp³-hybridized carbons (Fsp3) is 0.615. The van der Waals surface area contributed by atoms with Crippen molar-refractivity contribution >= 4 is 30.0 Å². The maximum absolute atomic E-state index is 12.3. The van der Waals surface area contributed by atoms with Crippen LogP contribution in [0.25, 0.3) is 0 Å². The Balaban J connectivity index is 2.10. The number of amides is 3. The molecule has 2 atom stereocenters. The first-order valence-corrected chi connectivity index (χ1v) is 7.04. The molecular formula is C13H17N3O6. The van der Waals surface area contributed by atoms with E-state index in [1.165, 1.54) is 5.01 Å². The molecule has 9 heteroatoms. The Bertz CT molecular complexity index is 520. The minimum Gasteiger partial charge on any atom is -0.481 e. The third kappa shape index (κ3) is 3.23. The molecule has 2 aliphatic heterocycles. The normalized spacial score (nSPS) is 22.8. The zero-order valence-corrected chi connectivity index (χ0v) is 11.9. The van der Waals surface area contributed by atoms with Crippen LogP contribution in [0.4, 0.5) is 0 Å². The molecule has 9 nitrogen and oxygen atoms in total. The Hall–Kier alpha value is -2.45. The average molecular weight is 311 g/mol. The van der Waals surface area contributed by atoms with Crippen molar-refractivity contribution in [1.29, 1.82) is 0 Å². The lowest BCUT2D eigenvalue weighted by atomic mass is 10.0. The van der Waals surface area contributed by atoms with E-state index in [2.05, 4.69) is 5.32 Å². The first-order valence-electron chi connectivity index (χ1n) is 7.04. The Kier molecular flexibility index (Phi) is 4.74. The number of hydrogen-bond acceptors (Lipinski definition) is 5. The van der Waals surface area contributed by atoms with E-state index >= 15 is 0 Å². The SMILES string of the molecule is O=CC(CC(=O)O)NC(=O)C1CCCN2C(=O)CCC(=O)N12. The second-order valence-corrected chi connectivity index (χ2v) is 5.26. The van der Waals surface area contributed by atoms with Gasteiger partial charge < -0.3 is 15.2 Å². The molecule has 120 valence electrons. The van der Waals surface area contributed by atoms with Gasteiger partial charge in [-0.1, -0.05) is 0 Å². The fourth-order valence-corrected chi connectivity index (χ4v) is 2.69. The zero-order chi connectivity index (χ0) is 16.3. The summed E-state index contributed by atoms with van der Waals surface area (Å²) < 4.78 is 0. The number of hydrazine groups is 1. The number of carboxylic acids is 1. The minimum atomic E-state index is -1.22. The standard InChI is InChI=1S/C13H17N3O6/c17-7-8(6-12(20)21)14-13(22)9-2-1-5-15-10(18)3-4-11(19)16(9)15/h7-9H,1-6H2,(H,14,22)(H,20,21). The molecule has 0 saturated carbocycles. The third-order valence-corrected chi connectivity index (χ3v) is 3.69. The van der Waals surface area contributed by atoms with Crippen LogP contribution in [0, 0.1) is 0 Å². The summed E-state index contributed by atoms with van der Waals surface area (Å²) in [6.45, 7) is 0.376. The number of carbonyl (C=O) groups excluding carboxylic acids is 4. The molecule has 2 N–H and O–H groups in total. The van der Waals surface area contributed by atoms with Gasteiger partial charge in [0.25, 0.3) is 0 Å².